The van der Waals surface area contributed by atoms with E-state index in [2.05, 4.69) is 10.5 Å². The van der Waals surface area contributed by atoms with Crippen molar-refractivity contribution in [3.8, 4) is 0 Å². The molecule has 0 atom stereocenters. The van der Waals surface area contributed by atoms with Gasteiger partial charge in [-0.2, -0.15) is 0 Å². The van der Waals surface area contributed by atoms with E-state index in [1.54, 1.807) is 16.8 Å². The third kappa shape index (κ3) is 4.86. The van der Waals surface area contributed by atoms with E-state index >= 15 is 0 Å². The molecule has 6 nitrogen and oxygen atoms in total. The van der Waals surface area contributed by atoms with Gasteiger partial charge in [-0.05, 0) is 48.2 Å². The van der Waals surface area contributed by atoms with Crippen molar-refractivity contribution in [1.82, 2.24) is 5.06 Å². The highest BCUT2D eigenvalue weighted by molar-refractivity contribution is 7.98. The minimum Gasteiger partial charge on any atom is -0.388 e. The number of piperidine rings is 1. The number of thioether (sulfide) groups is 1. The van der Waals surface area contributed by atoms with Crippen LogP contribution < -0.4 is 5.32 Å². The molecule has 4 rings (SSSR count). The third-order valence-electron chi connectivity index (χ3n) is 5.20. The average Bonchev–Trinajstić information content (AvgIpc) is 3.15. The number of anilines is 1. The van der Waals surface area contributed by atoms with E-state index < -0.39 is 6.09 Å². The zero-order chi connectivity index (χ0) is 20.3. The number of benzene rings is 2. The summed E-state index contributed by atoms with van der Waals surface area (Å²) in [4.78, 5) is 24.6. The molecule has 1 amide bonds. The van der Waals surface area contributed by atoms with Crippen molar-refractivity contribution < 1.29 is 14.5 Å². The fourth-order valence-corrected chi connectivity index (χ4v) is 4.04. The Kier molecular flexibility index (Phi) is 5.99. The van der Waals surface area contributed by atoms with E-state index in [-0.39, 0.29) is 5.60 Å². The molecule has 0 bridgehead atoms. The minimum absolute atomic E-state index is 0.320. The van der Waals surface area contributed by atoms with Gasteiger partial charge in [0.25, 0.3) is 0 Å². The number of hydrogen-bond donors (Lipinski definition) is 1. The zero-order valence-corrected chi connectivity index (χ0v) is 17.6. The molecule has 1 spiro atoms. The molecule has 1 saturated heterocycles. The molecular formula is C21H22ClN3O3S. The van der Waals surface area contributed by atoms with Crippen molar-refractivity contribution in [2.24, 2.45) is 5.16 Å². The van der Waals surface area contributed by atoms with Gasteiger partial charge in [-0.1, -0.05) is 28.9 Å². The van der Waals surface area contributed by atoms with Gasteiger partial charge >= 0.3 is 6.09 Å². The summed E-state index contributed by atoms with van der Waals surface area (Å²) in [6.07, 6.45) is 3.75. The number of halogens is 1. The van der Waals surface area contributed by atoms with Gasteiger partial charge in [0.2, 0.25) is 0 Å². The number of amides is 1. The lowest BCUT2D eigenvalue weighted by Gasteiger charge is -2.35. The van der Waals surface area contributed by atoms with Crippen molar-refractivity contribution in [3.63, 3.8) is 0 Å². The van der Waals surface area contributed by atoms with Crippen LogP contribution in [0.4, 0.5) is 10.5 Å². The predicted molar refractivity (Wildman–Crippen MR) is 116 cm³/mol. The molecule has 152 valence electrons. The monoisotopic (exact) mass is 431 g/mol. The van der Waals surface area contributed by atoms with Gasteiger partial charge in [0.1, 0.15) is 5.60 Å². The van der Waals surface area contributed by atoms with Crippen LogP contribution in [-0.2, 0) is 9.68 Å². The third-order valence-corrected chi connectivity index (χ3v) is 6.19. The summed E-state index contributed by atoms with van der Waals surface area (Å²) in [7, 11) is 0. The molecule has 2 heterocycles. The van der Waals surface area contributed by atoms with Crippen LogP contribution in [-0.4, -0.2) is 41.8 Å². The standard InChI is InChI=1S/C21H22ClN3O3S/c1-29-18-8-6-17(7-9-18)23-20(26)27-25-12-10-21(11-13-25)14-19(24-28-21)15-2-4-16(22)5-3-15/h2-9H,10-14H2,1H3,(H,23,26). The summed E-state index contributed by atoms with van der Waals surface area (Å²) in [5.41, 5.74) is 2.35. The van der Waals surface area contributed by atoms with Crippen LogP contribution in [0.2, 0.25) is 5.02 Å². The van der Waals surface area contributed by atoms with Gasteiger partial charge in [-0.3, -0.25) is 5.32 Å². The Hall–Kier alpha value is -2.22. The number of nitrogens with one attached hydrogen (secondary N) is 1. The number of rotatable bonds is 4. The summed E-state index contributed by atoms with van der Waals surface area (Å²) in [5, 5.41) is 9.44. The predicted octanol–water partition coefficient (Wildman–Crippen LogP) is 5.18. The second-order valence-electron chi connectivity index (χ2n) is 7.16. The maximum atomic E-state index is 12.2. The number of hydrogen-bond acceptors (Lipinski definition) is 6. The molecule has 0 aliphatic carbocycles. The second kappa shape index (κ2) is 8.65. The molecule has 0 saturated carbocycles. The molecule has 0 unspecified atom stereocenters. The highest BCUT2D eigenvalue weighted by atomic mass is 35.5. The Bertz CT molecular complexity index is 894. The van der Waals surface area contributed by atoms with Gasteiger partial charge in [0.15, 0.2) is 0 Å². The van der Waals surface area contributed by atoms with E-state index in [4.69, 9.17) is 21.3 Å². The Labute approximate surface area is 179 Å². The molecule has 0 aromatic heterocycles. The molecule has 2 aromatic rings. The fourth-order valence-electron chi connectivity index (χ4n) is 3.50. The molecule has 2 aliphatic heterocycles. The lowest BCUT2D eigenvalue weighted by molar-refractivity contribution is -0.154. The Morgan fingerprint density at radius 3 is 2.52 bits per heavy atom. The molecule has 1 fully saturated rings. The molecule has 8 heteroatoms. The van der Waals surface area contributed by atoms with Crippen LogP contribution in [0, 0.1) is 0 Å². The van der Waals surface area contributed by atoms with Crippen molar-refractivity contribution in [2.75, 3.05) is 24.7 Å². The van der Waals surface area contributed by atoms with Crippen LogP contribution in [0.25, 0.3) is 0 Å². The summed E-state index contributed by atoms with van der Waals surface area (Å²) < 4.78 is 0. The topological polar surface area (TPSA) is 63.2 Å². The van der Waals surface area contributed by atoms with Crippen LogP contribution in [0.15, 0.2) is 58.6 Å². The molecule has 29 heavy (non-hydrogen) atoms. The maximum Gasteiger partial charge on any atom is 0.430 e. The van der Waals surface area contributed by atoms with Gasteiger partial charge in [-0.25, -0.2) is 4.79 Å². The smallest absolute Gasteiger partial charge is 0.388 e. The molecule has 2 aromatic carbocycles. The number of hydroxylamine groups is 2. The zero-order valence-electron chi connectivity index (χ0n) is 16.1. The second-order valence-corrected chi connectivity index (χ2v) is 8.47. The quantitative estimate of drug-likeness (QED) is 0.675. The van der Waals surface area contributed by atoms with E-state index in [1.165, 1.54) is 0 Å². The Morgan fingerprint density at radius 2 is 1.86 bits per heavy atom. The number of carbonyl (C=O) groups excluding carboxylic acids is 1. The first-order chi connectivity index (χ1) is 14.0. The van der Waals surface area contributed by atoms with Gasteiger partial charge < -0.3 is 9.68 Å². The van der Waals surface area contributed by atoms with Crippen LogP contribution in [0.3, 0.4) is 0 Å². The number of carbonyl (C=O) groups is 1. The van der Waals surface area contributed by atoms with Crippen molar-refractivity contribution >= 4 is 40.9 Å². The van der Waals surface area contributed by atoms with Crippen LogP contribution in [0.1, 0.15) is 24.8 Å². The lowest BCUT2D eigenvalue weighted by Crippen LogP contribution is -2.45. The highest BCUT2D eigenvalue weighted by Gasteiger charge is 2.43. The van der Waals surface area contributed by atoms with Crippen molar-refractivity contribution in [2.45, 2.75) is 29.8 Å². The largest absolute Gasteiger partial charge is 0.430 e. The number of oxime groups is 1. The summed E-state index contributed by atoms with van der Waals surface area (Å²) in [6.45, 7) is 1.20. The summed E-state index contributed by atoms with van der Waals surface area (Å²) >= 11 is 7.61. The molecular weight excluding hydrogens is 410 g/mol. The van der Waals surface area contributed by atoms with E-state index in [0.717, 1.165) is 35.4 Å². The fraction of sp³-hybridized carbons (Fsp3) is 0.333. The Balaban J connectivity index is 1.26. The first-order valence-corrected chi connectivity index (χ1v) is 11.0. The van der Waals surface area contributed by atoms with Gasteiger partial charge in [0.05, 0.1) is 5.71 Å². The van der Waals surface area contributed by atoms with Gasteiger partial charge in [-0.15, -0.1) is 16.8 Å². The first-order valence-electron chi connectivity index (χ1n) is 9.44. The van der Waals surface area contributed by atoms with Crippen LogP contribution >= 0.6 is 23.4 Å². The van der Waals surface area contributed by atoms with Gasteiger partial charge in [0, 0.05) is 48.0 Å². The highest BCUT2D eigenvalue weighted by Crippen LogP contribution is 2.36. The number of nitrogens with zero attached hydrogens (tertiary/aromatic N) is 2. The van der Waals surface area contributed by atoms with Crippen molar-refractivity contribution in [3.05, 3.63) is 59.1 Å². The van der Waals surface area contributed by atoms with Crippen LogP contribution in [0.5, 0.6) is 0 Å². The Morgan fingerprint density at radius 1 is 1.17 bits per heavy atom. The van der Waals surface area contributed by atoms with E-state index in [9.17, 15) is 4.79 Å². The normalized spacial score (nSPS) is 18.2. The summed E-state index contributed by atoms with van der Waals surface area (Å²) in [5.74, 6) is 0. The minimum atomic E-state index is -0.483. The summed E-state index contributed by atoms with van der Waals surface area (Å²) in [6, 6.07) is 15.3. The van der Waals surface area contributed by atoms with E-state index in [1.807, 2.05) is 54.8 Å². The molecule has 0 radical (unpaired) electrons. The molecule has 1 N–H and O–H groups in total. The maximum absolute atomic E-state index is 12.2. The average molecular weight is 432 g/mol. The SMILES string of the molecule is CSc1ccc(NC(=O)ON2CCC3(CC2)CC(c2ccc(Cl)cc2)=NO3)cc1. The lowest BCUT2D eigenvalue weighted by atomic mass is 9.86. The molecule has 2 aliphatic rings. The van der Waals surface area contributed by atoms with Crippen molar-refractivity contribution in [1.29, 1.82) is 0 Å². The van der Waals surface area contributed by atoms with E-state index in [0.29, 0.717) is 23.8 Å². The first kappa shape index (κ1) is 20.1.